The molecule has 2 aromatic rings. The van der Waals surface area contributed by atoms with Gasteiger partial charge in [-0.15, -0.1) is 0 Å². The molecule has 2 bridgehead atoms. The molecule has 0 aliphatic carbocycles. The first-order chi connectivity index (χ1) is 14.5. The molecule has 0 saturated carbocycles. The molecule has 5 atom stereocenters. The first kappa shape index (κ1) is 19.4. The molecule has 0 unspecified atom stereocenters. The third-order valence-corrected chi connectivity index (χ3v) is 6.50. The average Bonchev–Trinajstić information content (AvgIpc) is 3.25. The molecule has 30 heavy (non-hydrogen) atoms. The number of nitrogens with zero attached hydrogens (tertiary/aromatic N) is 1. The number of rotatable bonds is 4. The first-order valence-corrected chi connectivity index (χ1v) is 10.2. The summed E-state index contributed by atoms with van der Waals surface area (Å²) in [6.07, 6.45) is -1.20. The lowest BCUT2D eigenvalue weighted by Crippen LogP contribution is -2.58. The van der Waals surface area contributed by atoms with Gasteiger partial charge in [0.25, 0.3) is 0 Å². The summed E-state index contributed by atoms with van der Waals surface area (Å²) >= 11 is 0. The van der Waals surface area contributed by atoms with Gasteiger partial charge in [0.15, 0.2) is 6.29 Å². The van der Waals surface area contributed by atoms with Crippen molar-refractivity contribution >= 4 is 11.8 Å². The van der Waals surface area contributed by atoms with E-state index in [2.05, 4.69) is 6.92 Å². The van der Waals surface area contributed by atoms with Crippen LogP contribution in [0.4, 0.5) is 10.5 Å². The number of carbonyl (C=O) groups excluding carboxylic acids is 1. The van der Waals surface area contributed by atoms with Crippen LogP contribution < -0.4 is 9.64 Å². The topological polar surface area (TPSA) is 77.5 Å². The minimum atomic E-state index is -0.484. The van der Waals surface area contributed by atoms with Crippen molar-refractivity contribution < 1.29 is 28.8 Å². The van der Waals surface area contributed by atoms with Crippen LogP contribution in [-0.4, -0.2) is 49.5 Å². The fourth-order valence-electron chi connectivity index (χ4n) is 5.08. The Hall–Kier alpha value is -2.61. The third-order valence-electron chi connectivity index (χ3n) is 6.50. The zero-order valence-electron chi connectivity index (χ0n) is 17.0. The lowest BCUT2D eigenvalue weighted by atomic mass is 9.72. The SMILES string of the molecule is COc1ccc2c(c1)[C@]1(C)C[C@H]3O[C@@H]([C@@H]1N2C(=O)OCc1ccccc1)[C@@H](CO)O3. The van der Waals surface area contributed by atoms with Gasteiger partial charge < -0.3 is 24.1 Å². The predicted octanol–water partition coefficient (Wildman–Crippen LogP) is 2.98. The molecular weight excluding hydrogens is 386 g/mol. The molecule has 0 aromatic heterocycles. The Balaban J connectivity index is 1.52. The number of anilines is 1. The van der Waals surface area contributed by atoms with Gasteiger partial charge in [0.2, 0.25) is 0 Å². The van der Waals surface area contributed by atoms with Crippen LogP contribution in [0.2, 0.25) is 0 Å². The molecule has 7 heteroatoms. The van der Waals surface area contributed by atoms with Gasteiger partial charge in [-0.1, -0.05) is 37.3 Å². The predicted molar refractivity (Wildman–Crippen MR) is 108 cm³/mol. The molecule has 3 aliphatic heterocycles. The highest BCUT2D eigenvalue weighted by Gasteiger charge is 2.63. The van der Waals surface area contributed by atoms with E-state index >= 15 is 0 Å². The lowest BCUT2D eigenvalue weighted by molar-refractivity contribution is -0.112. The number of hydrogen-bond acceptors (Lipinski definition) is 6. The van der Waals surface area contributed by atoms with Crippen LogP contribution in [-0.2, 0) is 26.2 Å². The molecule has 7 nitrogen and oxygen atoms in total. The van der Waals surface area contributed by atoms with Crippen molar-refractivity contribution in [2.45, 2.75) is 49.9 Å². The second-order valence-electron chi connectivity index (χ2n) is 8.25. The molecule has 1 N–H and O–H groups in total. The monoisotopic (exact) mass is 411 g/mol. The summed E-state index contributed by atoms with van der Waals surface area (Å²) in [6, 6.07) is 14.9. The zero-order valence-corrected chi connectivity index (χ0v) is 17.0. The van der Waals surface area contributed by atoms with Crippen LogP contribution in [0.5, 0.6) is 5.75 Å². The molecule has 5 rings (SSSR count). The Kier molecular flexibility index (Phi) is 4.69. The third kappa shape index (κ3) is 2.88. The van der Waals surface area contributed by atoms with Crippen LogP contribution in [0.25, 0.3) is 0 Å². The summed E-state index contributed by atoms with van der Waals surface area (Å²) in [5, 5.41) is 9.83. The Bertz CT molecular complexity index is 950. The van der Waals surface area contributed by atoms with E-state index in [1.807, 2.05) is 48.5 Å². The molecule has 1 amide bonds. The summed E-state index contributed by atoms with van der Waals surface area (Å²) < 4.78 is 23.1. The number of methoxy groups -OCH3 is 1. The van der Waals surface area contributed by atoms with Crippen LogP contribution in [0.3, 0.4) is 0 Å². The highest BCUT2D eigenvalue weighted by molar-refractivity contribution is 5.93. The molecule has 158 valence electrons. The summed E-state index contributed by atoms with van der Waals surface area (Å²) in [5.74, 6) is 0.728. The first-order valence-electron chi connectivity index (χ1n) is 10.2. The number of fused-ring (bicyclic) bond motifs is 6. The number of benzene rings is 2. The van der Waals surface area contributed by atoms with Gasteiger partial charge in [-0.05, 0) is 29.3 Å². The summed E-state index contributed by atoms with van der Waals surface area (Å²) in [6.45, 7) is 2.13. The molecule has 3 aliphatic rings. The Morgan fingerprint density at radius 1 is 1.23 bits per heavy atom. The van der Waals surface area contributed by atoms with Gasteiger partial charge in [-0.25, -0.2) is 4.79 Å². The van der Waals surface area contributed by atoms with Gasteiger partial charge in [-0.3, -0.25) is 4.90 Å². The van der Waals surface area contributed by atoms with E-state index < -0.39 is 30.0 Å². The van der Waals surface area contributed by atoms with Gasteiger partial charge in [0.1, 0.15) is 24.6 Å². The number of aliphatic hydroxyl groups is 1. The average molecular weight is 411 g/mol. The Morgan fingerprint density at radius 3 is 2.77 bits per heavy atom. The maximum absolute atomic E-state index is 13.3. The van der Waals surface area contributed by atoms with Gasteiger partial charge in [0.05, 0.1) is 25.4 Å². The van der Waals surface area contributed by atoms with Crippen LogP contribution in [0.1, 0.15) is 24.5 Å². The molecule has 0 radical (unpaired) electrons. The Labute approximate surface area is 175 Å². The standard InChI is InChI=1S/C23H25NO6/c1-23-11-19-29-18(12-25)20(30-19)21(23)24(17-9-8-15(27-2)10-16(17)23)22(26)28-13-14-6-4-3-5-7-14/h3-10,18-21,25H,11-13H2,1-2H3/t18-,19-,20-,21+,23+/m1/s1. The fraction of sp³-hybridized carbons (Fsp3) is 0.435. The van der Waals surface area contributed by atoms with Crippen molar-refractivity contribution in [2.75, 3.05) is 18.6 Å². The molecule has 2 saturated heterocycles. The number of carbonyl (C=O) groups is 1. The lowest BCUT2D eigenvalue weighted by Gasteiger charge is -2.42. The van der Waals surface area contributed by atoms with E-state index in [-0.39, 0.29) is 19.3 Å². The second kappa shape index (κ2) is 7.27. The van der Waals surface area contributed by atoms with E-state index in [0.29, 0.717) is 6.42 Å². The van der Waals surface area contributed by atoms with Crippen molar-refractivity contribution in [3.8, 4) is 5.75 Å². The van der Waals surface area contributed by atoms with Gasteiger partial charge in [0, 0.05) is 11.8 Å². The quantitative estimate of drug-likeness (QED) is 0.834. The maximum atomic E-state index is 13.3. The normalized spacial score (nSPS) is 31.2. The minimum Gasteiger partial charge on any atom is -0.497 e. The van der Waals surface area contributed by atoms with Crippen molar-refractivity contribution in [3.05, 3.63) is 59.7 Å². The molecule has 2 aromatic carbocycles. The summed E-state index contributed by atoms with van der Waals surface area (Å²) in [7, 11) is 1.63. The van der Waals surface area contributed by atoms with E-state index in [4.69, 9.17) is 18.9 Å². The fourth-order valence-corrected chi connectivity index (χ4v) is 5.08. The van der Waals surface area contributed by atoms with Crippen molar-refractivity contribution in [3.63, 3.8) is 0 Å². The highest BCUT2D eigenvalue weighted by Crippen LogP contribution is 2.56. The van der Waals surface area contributed by atoms with E-state index in [9.17, 15) is 9.90 Å². The van der Waals surface area contributed by atoms with Gasteiger partial charge in [-0.2, -0.15) is 0 Å². The Morgan fingerprint density at radius 2 is 2.03 bits per heavy atom. The smallest absolute Gasteiger partial charge is 0.415 e. The molecular formula is C23H25NO6. The van der Waals surface area contributed by atoms with Crippen LogP contribution in [0, 0.1) is 0 Å². The molecule has 3 heterocycles. The van der Waals surface area contributed by atoms with E-state index in [1.165, 1.54) is 0 Å². The van der Waals surface area contributed by atoms with Gasteiger partial charge >= 0.3 is 6.09 Å². The number of ether oxygens (including phenoxy) is 4. The van der Waals surface area contributed by atoms with Crippen LogP contribution in [0.15, 0.2) is 48.5 Å². The number of amides is 1. The summed E-state index contributed by atoms with van der Waals surface area (Å²) in [4.78, 5) is 15.0. The van der Waals surface area contributed by atoms with Crippen molar-refractivity contribution in [1.82, 2.24) is 0 Å². The van der Waals surface area contributed by atoms with Crippen LogP contribution >= 0.6 is 0 Å². The number of aliphatic hydroxyl groups excluding tert-OH is 1. The second-order valence-corrected chi connectivity index (χ2v) is 8.25. The van der Waals surface area contributed by atoms with Crippen molar-refractivity contribution in [2.24, 2.45) is 0 Å². The molecule has 2 fully saturated rings. The highest BCUT2D eigenvalue weighted by atomic mass is 16.7. The maximum Gasteiger partial charge on any atom is 0.415 e. The largest absolute Gasteiger partial charge is 0.497 e. The minimum absolute atomic E-state index is 0.166. The number of hydrogen-bond donors (Lipinski definition) is 1. The zero-order chi connectivity index (χ0) is 20.9. The summed E-state index contributed by atoms with van der Waals surface area (Å²) in [5.41, 5.74) is 2.30. The van der Waals surface area contributed by atoms with Crippen molar-refractivity contribution in [1.29, 1.82) is 0 Å². The van der Waals surface area contributed by atoms with E-state index in [1.54, 1.807) is 12.0 Å². The van der Waals surface area contributed by atoms with E-state index in [0.717, 1.165) is 22.6 Å². The molecule has 0 spiro atoms.